The summed E-state index contributed by atoms with van der Waals surface area (Å²) in [7, 11) is 0. The summed E-state index contributed by atoms with van der Waals surface area (Å²) in [6, 6.07) is 15.2. The van der Waals surface area contributed by atoms with Crippen molar-refractivity contribution in [2.45, 2.75) is 20.4 Å². The molecule has 0 bridgehead atoms. The molecule has 0 aliphatic heterocycles. The van der Waals surface area contributed by atoms with Crippen LogP contribution in [0.25, 0.3) is 11.5 Å². The van der Waals surface area contributed by atoms with E-state index in [-0.39, 0.29) is 29.9 Å². The minimum atomic E-state index is 0. The highest BCUT2D eigenvalue weighted by atomic mass is 127. The third-order valence-electron chi connectivity index (χ3n) is 3.81. The monoisotopic (exact) mass is 508 g/mol. The number of nitrogens with one attached hydrogen (secondary N) is 1. The average Bonchev–Trinajstić information content (AvgIpc) is 3.19. The zero-order valence-corrected chi connectivity index (χ0v) is 18.8. The van der Waals surface area contributed by atoms with Crippen LogP contribution in [0.4, 0.5) is 5.69 Å². The Morgan fingerprint density at radius 3 is 2.59 bits per heavy atom. The summed E-state index contributed by atoms with van der Waals surface area (Å²) in [6.07, 6.45) is 1.58. The molecule has 8 heteroatoms. The summed E-state index contributed by atoms with van der Waals surface area (Å²) in [5, 5.41) is 3.07. The van der Waals surface area contributed by atoms with Gasteiger partial charge in [-0.2, -0.15) is 0 Å². The van der Waals surface area contributed by atoms with Crippen LogP contribution in [0.2, 0.25) is 0 Å². The Kier molecular flexibility index (Phi) is 8.78. The molecule has 0 saturated heterocycles. The van der Waals surface area contributed by atoms with Crippen LogP contribution in [0.5, 0.6) is 11.5 Å². The SMILES string of the molecule is CCOc1ccc(OCC)c(NC(N)=NCc2coc(-c3ccccc3)n2)c1.I. The average molecular weight is 508 g/mol. The maximum atomic E-state index is 6.04. The molecule has 29 heavy (non-hydrogen) atoms. The van der Waals surface area contributed by atoms with Gasteiger partial charge in [-0.1, -0.05) is 18.2 Å². The molecule has 0 fully saturated rings. The van der Waals surface area contributed by atoms with E-state index in [4.69, 9.17) is 19.6 Å². The van der Waals surface area contributed by atoms with Gasteiger partial charge in [-0.3, -0.25) is 0 Å². The summed E-state index contributed by atoms with van der Waals surface area (Å²) in [4.78, 5) is 8.78. The van der Waals surface area contributed by atoms with E-state index in [0.29, 0.717) is 42.8 Å². The van der Waals surface area contributed by atoms with Crippen LogP contribution >= 0.6 is 24.0 Å². The highest BCUT2D eigenvalue weighted by Crippen LogP contribution is 2.29. The largest absolute Gasteiger partial charge is 0.494 e. The Balaban J connectivity index is 0.00000300. The zero-order valence-electron chi connectivity index (χ0n) is 16.4. The molecule has 0 spiro atoms. The predicted octanol–water partition coefficient (Wildman–Crippen LogP) is 4.68. The van der Waals surface area contributed by atoms with E-state index in [1.165, 1.54) is 0 Å². The maximum absolute atomic E-state index is 6.04. The predicted molar refractivity (Wildman–Crippen MR) is 125 cm³/mol. The first-order valence-corrected chi connectivity index (χ1v) is 9.16. The Morgan fingerprint density at radius 1 is 1.10 bits per heavy atom. The van der Waals surface area contributed by atoms with E-state index in [9.17, 15) is 0 Å². The molecule has 0 amide bonds. The second-order valence-corrected chi connectivity index (χ2v) is 5.86. The summed E-state index contributed by atoms with van der Waals surface area (Å²) >= 11 is 0. The highest BCUT2D eigenvalue weighted by Gasteiger charge is 2.09. The lowest BCUT2D eigenvalue weighted by atomic mass is 10.2. The molecule has 0 atom stereocenters. The summed E-state index contributed by atoms with van der Waals surface area (Å²) < 4.78 is 16.7. The van der Waals surface area contributed by atoms with Gasteiger partial charge in [-0.15, -0.1) is 24.0 Å². The van der Waals surface area contributed by atoms with Crippen LogP contribution in [-0.2, 0) is 6.54 Å². The zero-order chi connectivity index (χ0) is 19.8. The van der Waals surface area contributed by atoms with Gasteiger partial charge in [0.15, 0.2) is 5.96 Å². The van der Waals surface area contributed by atoms with Crippen LogP contribution in [-0.4, -0.2) is 24.2 Å². The number of halogens is 1. The fourth-order valence-electron chi connectivity index (χ4n) is 2.58. The van der Waals surface area contributed by atoms with Crippen molar-refractivity contribution < 1.29 is 13.9 Å². The fourth-order valence-corrected chi connectivity index (χ4v) is 2.58. The quantitative estimate of drug-likeness (QED) is 0.261. The number of nitrogens with zero attached hydrogens (tertiary/aromatic N) is 2. The minimum Gasteiger partial charge on any atom is -0.494 e. The van der Waals surface area contributed by atoms with Crippen molar-refractivity contribution in [2.75, 3.05) is 18.5 Å². The molecular formula is C21H25IN4O3. The molecule has 0 unspecified atom stereocenters. The number of guanidine groups is 1. The lowest BCUT2D eigenvalue weighted by Gasteiger charge is -2.13. The maximum Gasteiger partial charge on any atom is 0.226 e. The molecule has 0 aliphatic rings. The molecule has 0 aliphatic carbocycles. The van der Waals surface area contributed by atoms with Gasteiger partial charge in [0.2, 0.25) is 5.89 Å². The van der Waals surface area contributed by atoms with Gasteiger partial charge in [0.25, 0.3) is 0 Å². The van der Waals surface area contributed by atoms with Gasteiger partial charge in [-0.25, -0.2) is 9.98 Å². The number of benzene rings is 2. The first-order valence-electron chi connectivity index (χ1n) is 9.16. The van der Waals surface area contributed by atoms with E-state index >= 15 is 0 Å². The lowest BCUT2D eigenvalue weighted by molar-refractivity contribution is 0.332. The molecule has 3 rings (SSSR count). The Labute approximate surface area is 187 Å². The van der Waals surface area contributed by atoms with Crippen molar-refractivity contribution in [1.29, 1.82) is 0 Å². The van der Waals surface area contributed by atoms with E-state index in [0.717, 1.165) is 11.3 Å². The van der Waals surface area contributed by atoms with Gasteiger partial charge in [0.05, 0.1) is 25.4 Å². The third-order valence-corrected chi connectivity index (χ3v) is 3.81. The van der Waals surface area contributed by atoms with E-state index in [1.54, 1.807) is 6.26 Å². The number of hydrogen-bond acceptors (Lipinski definition) is 5. The number of nitrogens with two attached hydrogens (primary N) is 1. The number of aliphatic imine (C=N–C) groups is 1. The second-order valence-electron chi connectivity index (χ2n) is 5.86. The third kappa shape index (κ3) is 6.38. The van der Waals surface area contributed by atoms with Gasteiger partial charge in [0.1, 0.15) is 23.5 Å². The Bertz CT molecular complexity index is 929. The number of oxazole rings is 1. The molecule has 0 radical (unpaired) electrons. The van der Waals surface area contributed by atoms with Gasteiger partial charge < -0.3 is 24.9 Å². The van der Waals surface area contributed by atoms with Crippen LogP contribution in [0.15, 0.2) is 64.2 Å². The van der Waals surface area contributed by atoms with Gasteiger partial charge >= 0.3 is 0 Å². The van der Waals surface area contributed by atoms with Gasteiger partial charge in [0, 0.05) is 11.6 Å². The number of rotatable bonds is 8. The molecular weight excluding hydrogens is 483 g/mol. The molecule has 2 aromatic carbocycles. The summed E-state index contributed by atoms with van der Waals surface area (Å²) in [6.45, 7) is 5.27. The Hall–Kier alpha value is -2.75. The van der Waals surface area contributed by atoms with Crippen molar-refractivity contribution >= 4 is 35.6 Å². The molecule has 0 saturated carbocycles. The van der Waals surface area contributed by atoms with Crippen molar-refractivity contribution in [3.63, 3.8) is 0 Å². The molecule has 1 aromatic heterocycles. The molecule has 7 nitrogen and oxygen atoms in total. The molecule has 1 heterocycles. The molecule has 154 valence electrons. The standard InChI is InChI=1S/C21H24N4O3.HI/c1-3-26-17-10-11-19(27-4-2)18(12-17)25-21(22)23-13-16-14-28-20(24-16)15-8-6-5-7-9-15;/h5-12,14H,3-4,13H2,1-2H3,(H3,22,23,25);1H. The fraction of sp³-hybridized carbons (Fsp3) is 0.238. The molecule has 3 N–H and O–H groups in total. The smallest absolute Gasteiger partial charge is 0.226 e. The van der Waals surface area contributed by atoms with Crippen molar-refractivity contribution in [3.05, 3.63) is 60.5 Å². The highest BCUT2D eigenvalue weighted by molar-refractivity contribution is 14.0. The van der Waals surface area contributed by atoms with E-state index in [2.05, 4.69) is 15.3 Å². The van der Waals surface area contributed by atoms with Crippen molar-refractivity contribution in [2.24, 2.45) is 10.7 Å². The van der Waals surface area contributed by atoms with E-state index in [1.807, 2.05) is 62.4 Å². The first-order chi connectivity index (χ1) is 13.7. The first kappa shape index (κ1) is 22.5. The van der Waals surface area contributed by atoms with Crippen molar-refractivity contribution in [3.8, 4) is 23.0 Å². The van der Waals surface area contributed by atoms with E-state index < -0.39 is 0 Å². The molecule has 3 aromatic rings. The lowest BCUT2D eigenvalue weighted by Crippen LogP contribution is -2.23. The number of aromatic nitrogens is 1. The topological polar surface area (TPSA) is 94.9 Å². The van der Waals surface area contributed by atoms with Crippen LogP contribution in [0.3, 0.4) is 0 Å². The number of anilines is 1. The van der Waals surface area contributed by atoms with Crippen LogP contribution < -0.4 is 20.5 Å². The van der Waals surface area contributed by atoms with Gasteiger partial charge in [-0.05, 0) is 38.1 Å². The second kappa shape index (κ2) is 11.3. The number of ether oxygens (including phenoxy) is 2. The number of hydrogen-bond donors (Lipinski definition) is 2. The van der Waals surface area contributed by atoms with Crippen LogP contribution in [0.1, 0.15) is 19.5 Å². The summed E-state index contributed by atoms with van der Waals surface area (Å²) in [5.41, 5.74) is 8.34. The van der Waals surface area contributed by atoms with Crippen molar-refractivity contribution in [1.82, 2.24) is 4.98 Å². The normalized spacial score (nSPS) is 10.9. The van der Waals surface area contributed by atoms with Crippen LogP contribution in [0, 0.1) is 0 Å². The minimum absolute atomic E-state index is 0. The summed E-state index contributed by atoms with van der Waals surface area (Å²) in [5.74, 6) is 2.21. The Morgan fingerprint density at radius 2 is 1.86 bits per heavy atom.